The normalized spacial score (nSPS) is 10.6. The van der Waals surface area contributed by atoms with E-state index in [0.717, 1.165) is 6.20 Å². The number of hydrogen-bond acceptors (Lipinski definition) is 2. The summed E-state index contributed by atoms with van der Waals surface area (Å²) >= 11 is 0. The van der Waals surface area contributed by atoms with Gasteiger partial charge in [-0.1, -0.05) is 0 Å². The number of aromatic hydroxyl groups is 1. The van der Waals surface area contributed by atoms with E-state index in [-0.39, 0.29) is 5.88 Å². The molecule has 0 aromatic carbocycles. The summed E-state index contributed by atoms with van der Waals surface area (Å²) in [6.07, 6.45) is -1.72. The maximum absolute atomic E-state index is 11.6. The number of H-pyrrole nitrogens is 1. The highest BCUT2D eigenvalue weighted by Gasteiger charge is 2.09. The molecule has 0 fully saturated rings. The summed E-state index contributed by atoms with van der Waals surface area (Å²) in [4.78, 5) is 5.13. The van der Waals surface area contributed by atoms with Gasteiger partial charge in [-0.2, -0.15) is 0 Å². The number of aromatic amines is 1. The van der Waals surface area contributed by atoms with Gasteiger partial charge in [0, 0.05) is 0 Å². The summed E-state index contributed by atoms with van der Waals surface area (Å²) in [7, 11) is 0. The van der Waals surface area contributed by atoms with Gasteiger partial charge >= 0.3 is 0 Å². The van der Waals surface area contributed by atoms with Crippen LogP contribution in [0, 0.1) is 0 Å². The Labute approximate surface area is 49.4 Å². The number of hydrogen-bond donors (Lipinski definition) is 2. The highest BCUT2D eigenvalue weighted by molar-refractivity contribution is 5.05. The molecule has 1 rings (SSSR count). The van der Waals surface area contributed by atoms with Gasteiger partial charge in [0.25, 0.3) is 6.43 Å². The summed E-state index contributed by atoms with van der Waals surface area (Å²) in [5.41, 5.74) is 0. The van der Waals surface area contributed by atoms with Crippen molar-refractivity contribution >= 4 is 0 Å². The molecule has 3 nitrogen and oxygen atoms in total. The van der Waals surface area contributed by atoms with E-state index in [1.54, 1.807) is 0 Å². The van der Waals surface area contributed by atoms with Crippen molar-refractivity contribution in [1.82, 2.24) is 9.97 Å². The van der Waals surface area contributed by atoms with Crippen LogP contribution >= 0.6 is 0 Å². The van der Waals surface area contributed by atoms with E-state index in [0.29, 0.717) is 0 Å². The van der Waals surface area contributed by atoms with Gasteiger partial charge < -0.3 is 10.1 Å². The molecule has 2 N–H and O–H groups in total. The average molecular weight is 134 g/mol. The molecule has 0 aliphatic carbocycles. The molecule has 1 heterocycles. The van der Waals surface area contributed by atoms with E-state index < -0.39 is 12.2 Å². The van der Waals surface area contributed by atoms with E-state index >= 15 is 0 Å². The molecule has 1 aromatic rings. The Morgan fingerprint density at radius 2 is 2.33 bits per heavy atom. The maximum Gasteiger partial charge on any atom is 0.295 e. The Kier molecular flexibility index (Phi) is 1.33. The molecule has 5 heteroatoms. The summed E-state index contributed by atoms with van der Waals surface area (Å²) < 4.78 is 23.2. The summed E-state index contributed by atoms with van der Waals surface area (Å²) in [5, 5.41) is 8.45. The number of rotatable bonds is 1. The zero-order valence-electron chi connectivity index (χ0n) is 4.31. The second-order valence-corrected chi connectivity index (χ2v) is 1.45. The Balaban J connectivity index is 2.85. The molecule has 9 heavy (non-hydrogen) atoms. The van der Waals surface area contributed by atoms with E-state index in [4.69, 9.17) is 5.11 Å². The predicted molar refractivity (Wildman–Crippen MR) is 25.2 cm³/mol. The number of nitrogens with one attached hydrogen (secondary N) is 1. The summed E-state index contributed by atoms with van der Waals surface area (Å²) in [6.45, 7) is 0. The molecule has 0 saturated heterocycles. The number of aromatic nitrogens is 2. The van der Waals surface area contributed by atoms with Crippen LogP contribution in [-0.2, 0) is 0 Å². The van der Waals surface area contributed by atoms with Crippen molar-refractivity contribution < 1.29 is 13.9 Å². The SMILES string of the molecule is Oc1cnc(C(F)F)[nH]1. The molecule has 0 radical (unpaired) electrons. The minimum atomic E-state index is -2.65. The van der Waals surface area contributed by atoms with Gasteiger partial charge in [-0.25, -0.2) is 13.8 Å². The van der Waals surface area contributed by atoms with Crippen molar-refractivity contribution in [2.75, 3.05) is 0 Å². The Hall–Kier alpha value is -1.13. The van der Waals surface area contributed by atoms with E-state index in [9.17, 15) is 8.78 Å². The first-order valence-corrected chi connectivity index (χ1v) is 2.22. The number of nitrogens with zero attached hydrogens (tertiary/aromatic N) is 1. The van der Waals surface area contributed by atoms with Crippen LogP contribution in [0.3, 0.4) is 0 Å². The lowest BCUT2D eigenvalue weighted by molar-refractivity contribution is 0.141. The second kappa shape index (κ2) is 2.00. The first kappa shape index (κ1) is 6.00. The van der Waals surface area contributed by atoms with Crippen molar-refractivity contribution in [2.24, 2.45) is 0 Å². The Bertz CT molecular complexity index is 198. The van der Waals surface area contributed by atoms with Crippen LogP contribution in [0.5, 0.6) is 5.88 Å². The van der Waals surface area contributed by atoms with Crippen LogP contribution in [-0.4, -0.2) is 15.1 Å². The fourth-order valence-corrected chi connectivity index (χ4v) is 0.437. The van der Waals surface area contributed by atoms with Gasteiger partial charge in [-0.15, -0.1) is 0 Å². The van der Waals surface area contributed by atoms with Crippen molar-refractivity contribution in [2.45, 2.75) is 6.43 Å². The van der Waals surface area contributed by atoms with E-state index in [1.165, 1.54) is 0 Å². The van der Waals surface area contributed by atoms with Gasteiger partial charge in [0.1, 0.15) is 0 Å². The lowest BCUT2D eigenvalue weighted by Gasteiger charge is -1.87. The molecule has 0 aliphatic heterocycles. The van der Waals surface area contributed by atoms with Crippen molar-refractivity contribution in [3.8, 4) is 5.88 Å². The Morgan fingerprint density at radius 3 is 2.56 bits per heavy atom. The molecule has 0 bridgehead atoms. The highest BCUT2D eigenvalue weighted by Crippen LogP contribution is 2.16. The minimum Gasteiger partial charge on any atom is -0.493 e. The van der Waals surface area contributed by atoms with Gasteiger partial charge in [-0.05, 0) is 0 Å². The molecular formula is C4H4F2N2O. The molecule has 0 amide bonds. The fourth-order valence-electron chi connectivity index (χ4n) is 0.437. The van der Waals surface area contributed by atoms with Gasteiger partial charge in [0.15, 0.2) is 5.82 Å². The average Bonchev–Trinajstić information content (AvgIpc) is 2.14. The third-order valence-corrected chi connectivity index (χ3v) is 0.789. The standard InChI is InChI=1S/C4H4F2N2O/c5-3(6)4-7-1-2(9)8-4/h1,3,9H,(H,7,8). The molecule has 0 atom stereocenters. The minimum absolute atomic E-state index is 0.342. The van der Waals surface area contributed by atoms with Crippen molar-refractivity contribution in [3.05, 3.63) is 12.0 Å². The lowest BCUT2D eigenvalue weighted by atomic mass is 10.7. The highest BCUT2D eigenvalue weighted by atomic mass is 19.3. The molecule has 0 saturated carbocycles. The van der Waals surface area contributed by atoms with Gasteiger partial charge in [-0.3, -0.25) is 0 Å². The quantitative estimate of drug-likeness (QED) is 0.603. The number of imidazole rings is 1. The van der Waals surface area contributed by atoms with Gasteiger partial charge in [0.2, 0.25) is 5.88 Å². The molecule has 0 aliphatic rings. The van der Waals surface area contributed by atoms with Crippen LogP contribution < -0.4 is 0 Å². The maximum atomic E-state index is 11.6. The van der Waals surface area contributed by atoms with Crippen molar-refractivity contribution in [1.29, 1.82) is 0 Å². The number of halogens is 2. The van der Waals surface area contributed by atoms with Crippen LogP contribution in [0.4, 0.5) is 8.78 Å². The monoisotopic (exact) mass is 134 g/mol. The number of alkyl halides is 2. The molecule has 50 valence electrons. The molecular weight excluding hydrogens is 130 g/mol. The predicted octanol–water partition coefficient (Wildman–Crippen LogP) is 1.05. The van der Waals surface area contributed by atoms with Crippen LogP contribution in [0.1, 0.15) is 12.2 Å². The first-order valence-electron chi connectivity index (χ1n) is 2.22. The first-order chi connectivity index (χ1) is 4.20. The smallest absolute Gasteiger partial charge is 0.295 e. The molecule has 1 aromatic heterocycles. The van der Waals surface area contributed by atoms with E-state index in [2.05, 4.69) is 4.98 Å². The summed E-state index contributed by atoms with van der Waals surface area (Å²) in [5.74, 6) is -0.849. The second-order valence-electron chi connectivity index (χ2n) is 1.45. The molecule has 0 unspecified atom stereocenters. The van der Waals surface area contributed by atoms with Crippen molar-refractivity contribution in [3.63, 3.8) is 0 Å². The van der Waals surface area contributed by atoms with E-state index in [1.807, 2.05) is 4.98 Å². The third-order valence-electron chi connectivity index (χ3n) is 0.789. The fraction of sp³-hybridized carbons (Fsp3) is 0.250. The summed E-state index contributed by atoms with van der Waals surface area (Å²) in [6, 6.07) is 0. The van der Waals surface area contributed by atoms with Crippen LogP contribution in [0.25, 0.3) is 0 Å². The van der Waals surface area contributed by atoms with Crippen LogP contribution in [0.15, 0.2) is 6.20 Å². The third kappa shape index (κ3) is 1.16. The lowest BCUT2D eigenvalue weighted by Crippen LogP contribution is -1.84. The molecule has 0 spiro atoms. The Morgan fingerprint density at radius 1 is 1.67 bits per heavy atom. The van der Waals surface area contributed by atoms with Crippen LogP contribution in [0.2, 0.25) is 0 Å². The zero-order chi connectivity index (χ0) is 6.85. The zero-order valence-corrected chi connectivity index (χ0v) is 4.31. The topological polar surface area (TPSA) is 48.9 Å². The largest absolute Gasteiger partial charge is 0.493 e. The van der Waals surface area contributed by atoms with Gasteiger partial charge in [0.05, 0.1) is 6.20 Å².